The lowest BCUT2D eigenvalue weighted by atomic mass is 10.3. The van der Waals surface area contributed by atoms with Gasteiger partial charge in [-0.1, -0.05) is 11.6 Å². The smallest absolute Gasteiger partial charge is 0.180 e. The maximum absolute atomic E-state index is 12.5. The van der Waals surface area contributed by atoms with Gasteiger partial charge in [0.2, 0.25) is 0 Å². The van der Waals surface area contributed by atoms with Crippen LogP contribution >= 0.6 is 11.6 Å². The molecule has 0 amide bonds. The zero-order valence-corrected chi connectivity index (χ0v) is 5.92. The molecule has 0 bridgehead atoms. The van der Waals surface area contributed by atoms with Gasteiger partial charge < -0.3 is 5.73 Å². The second kappa shape index (κ2) is 2.62. The Kier molecular flexibility index (Phi) is 1.95. The summed E-state index contributed by atoms with van der Waals surface area (Å²) in [5.74, 6) is -3.81. The van der Waals surface area contributed by atoms with Crippen LogP contribution < -0.4 is 5.73 Å². The fourth-order valence-electron chi connectivity index (χ4n) is 0.591. The molecule has 1 rings (SSSR count). The van der Waals surface area contributed by atoms with Gasteiger partial charge in [0.25, 0.3) is 0 Å². The van der Waals surface area contributed by atoms with E-state index >= 15 is 0 Å². The van der Waals surface area contributed by atoms with Crippen LogP contribution in [0.1, 0.15) is 0 Å². The lowest BCUT2D eigenvalue weighted by Crippen LogP contribution is -1.96. The predicted molar refractivity (Wildman–Crippen MR) is 35.7 cm³/mol. The van der Waals surface area contributed by atoms with E-state index in [1.54, 1.807) is 0 Å². The van der Waals surface area contributed by atoms with Gasteiger partial charge in [-0.25, -0.2) is 13.2 Å². The van der Waals surface area contributed by atoms with Crippen molar-refractivity contribution in [2.45, 2.75) is 0 Å². The number of nitrogens with two attached hydrogens (primary N) is 1. The molecule has 0 saturated heterocycles. The van der Waals surface area contributed by atoms with Gasteiger partial charge in [0, 0.05) is 6.07 Å². The Bertz CT molecular complexity index is 274. The number of halogens is 4. The van der Waals surface area contributed by atoms with Crippen LogP contribution in [0.5, 0.6) is 0 Å². The molecule has 1 aromatic rings. The fraction of sp³-hybridized carbons (Fsp3) is 0. The van der Waals surface area contributed by atoms with Crippen LogP contribution in [-0.2, 0) is 0 Å². The molecule has 0 atom stereocenters. The quantitative estimate of drug-likeness (QED) is 0.371. The Morgan fingerprint density at radius 1 is 1.18 bits per heavy atom. The highest BCUT2D eigenvalue weighted by molar-refractivity contribution is 6.31. The highest BCUT2D eigenvalue weighted by Gasteiger charge is 2.14. The topological polar surface area (TPSA) is 26.0 Å². The summed E-state index contributed by atoms with van der Waals surface area (Å²) in [5.41, 5.74) is 4.42. The molecule has 0 fully saturated rings. The van der Waals surface area contributed by atoms with E-state index in [4.69, 9.17) is 17.3 Å². The summed E-state index contributed by atoms with van der Waals surface area (Å²) in [7, 11) is 0. The number of benzene rings is 1. The summed E-state index contributed by atoms with van der Waals surface area (Å²) < 4.78 is 37.2. The van der Waals surface area contributed by atoms with E-state index in [2.05, 4.69) is 0 Å². The molecule has 0 radical (unpaired) electrons. The molecule has 0 saturated carbocycles. The summed E-state index contributed by atoms with van der Waals surface area (Å²) in [4.78, 5) is 0. The molecule has 1 aromatic carbocycles. The number of hydrogen-bond acceptors (Lipinski definition) is 1. The highest BCUT2D eigenvalue weighted by atomic mass is 35.5. The molecular weight excluding hydrogens is 179 g/mol. The van der Waals surface area contributed by atoms with Crippen molar-refractivity contribution >= 4 is 17.3 Å². The molecule has 2 N–H and O–H groups in total. The third kappa shape index (κ3) is 1.26. The van der Waals surface area contributed by atoms with Gasteiger partial charge >= 0.3 is 0 Å². The summed E-state index contributed by atoms with van der Waals surface area (Å²) >= 11 is 5.02. The number of rotatable bonds is 0. The van der Waals surface area contributed by atoms with Crippen molar-refractivity contribution in [1.29, 1.82) is 0 Å². The molecule has 5 heteroatoms. The maximum Gasteiger partial charge on any atom is 0.180 e. The van der Waals surface area contributed by atoms with E-state index < -0.39 is 28.2 Å². The molecule has 60 valence electrons. The van der Waals surface area contributed by atoms with Crippen molar-refractivity contribution in [1.82, 2.24) is 0 Å². The van der Waals surface area contributed by atoms with Gasteiger partial charge in [0.15, 0.2) is 17.5 Å². The number of anilines is 1. The van der Waals surface area contributed by atoms with Crippen molar-refractivity contribution in [2.75, 3.05) is 5.73 Å². The first-order chi connectivity index (χ1) is 5.04. The van der Waals surface area contributed by atoms with E-state index in [-0.39, 0.29) is 0 Å². The minimum absolute atomic E-state index is 0.506. The van der Waals surface area contributed by atoms with Gasteiger partial charge in [-0.05, 0) is 0 Å². The molecule has 0 aliphatic heterocycles. The standard InChI is InChI=1S/C6H3ClF3N/c7-4-5(9)2(8)1-3(11)6(4)10/h1H,11H2. The number of hydrogen-bond donors (Lipinski definition) is 1. The Labute approximate surface area is 65.6 Å². The van der Waals surface area contributed by atoms with Crippen LogP contribution in [0.15, 0.2) is 6.07 Å². The predicted octanol–water partition coefficient (Wildman–Crippen LogP) is 2.34. The first kappa shape index (κ1) is 8.20. The molecular formula is C6H3ClF3N. The van der Waals surface area contributed by atoms with E-state index in [9.17, 15) is 13.2 Å². The van der Waals surface area contributed by atoms with Crippen molar-refractivity contribution in [3.63, 3.8) is 0 Å². The minimum atomic E-state index is -1.42. The Balaban J connectivity index is 3.46. The van der Waals surface area contributed by atoms with Crippen LogP contribution in [0.4, 0.5) is 18.9 Å². The van der Waals surface area contributed by atoms with Gasteiger partial charge in [-0.15, -0.1) is 0 Å². The second-order valence-corrected chi connectivity index (χ2v) is 2.27. The van der Waals surface area contributed by atoms with E-state index in [0.29, 0.717) is 6.07 Å². The van der Waals surface area contributed by atoms with Crippen LogP contribution in [0.2, 0.25) is 5.02 Å². The molecule has 0 aromatic heterocycles. The highest BCUT2D eigenvalue weighted by Crippen LogP contribution is 2.25. The molecule has 0 heterocycles. The maximum atomic E-state index is 12.5. The van der Waals surface area contributed by atoms with Crippen molar-refractivity contribution in [3.8, 4) is 0 Å². The van der Waals surface area contributed by atoms with Crippen LogP contribution in [0, 0.1) is 17.5 Å². The Hall–Kier alpha value is -0.900. The SMILES string of the molecule is Nc1cc(F)c(F)c(Cl)c1F. The molecule has 11 heavy (non-hydrogen) atoms. The second-order valence-electron chi connectivity index (χ2n) is 1.89. The molecule has 0 aliphatic carbocycles. The monoisotopic (exact) mass is 181 g/mol. The van der Waals surface area contributed by atoms with Gasteiger partial charge in [-0.2, -0.15) is 0 Å². The molecule has 0 spiro atoms. The lowest BCUT2D eigenvalue weighted by molar-refractivity contribution is 0.497. The van der Waals surface area contributed by atoms with E-state index in [1.807, 2.05) is 0 Å². The Morgan fingerprint density at radius 3 is 2.27 bits per heavy atom. The first-order valence-corrected chi connectivity index (χ1v) is 3.00. The Morgan fingerprint density at radius 2 is 1.73 bits per heavy atom. The minimum Gasteiger partial charge on any atom is -0.396 e. The summed E-state index contributed by atoms with van der Waals surface area (Å²) in [5, 5.41) is -0.914. The fourth-order valence-corrected chi connectivity index (χ4v) is 0.791. The van der Waals surface area contributed by atoms with Crippen LogP contribution in [0.25, 0.3) is 0 Å². The van der Waals surface area contributed by atoms with Gasteiger partial charge in [0.1, 0.15) is 5.02 Å². The molecule has 1 nitrogen and oxygen atoms in total. The van der Waals surface area contributed by atoms with Crippen LogP contribution in [-0.4, -0.2) is 0 Å². The van der Waals surface area contributed by atoms with Crippen molar-refractivity contribution in [2.24, 2.45) is 0 Å². The average Bonchev–Trinajstić information content (AvgIpc) is 1.97. The normalized spacial score (nSPS) is 10.2. The number of nitrogen functional groups attached to an aromatic ring is 1. The zero-order chi connectivity index (χ0) is 8.59. The lowest BCUT2D eigenvalue weighted by Gasteiger charge is -2.00. The third-order valence-corrected chi connectivity index (χ3v) is 1.46. The zero-order valence-electron chi connectivity index (χ0n) is 5.17. The average molecular weight is 182 g/mol. The van der Waals surface area contributed by atoms with Crippen molar-refractivity contribution < 1.29 is 13.2 Å². The largest absolute Gasteiger partial charge is 0.396 e. The van der Waals surface area contributed by atoms with E-state index in [0.717, 1.165) is 0 Å². The van der Waals surface area contributed by atoms with Gasteiger partial charge in [-0.3, -0.25) is 0 Å². The molecule has 0 aliphatic rings. The molecule has 0 unspecified atom stereocenters. The van der Waals surface area contributed by atoms with Gasteiger partial charge in [0.05, 0.1) is 5.69 Å². The summed E-state index contributed by atoms with van der Waals surface area (Å²) in [6.45, 7) is 0. The summed E-state index contributed by atoms with van der Waals surface area (Å²) in [6, 6.07) is 0.538. The summed E-state index contributed by atoms with van der Waals surface area (Å²) in [6.07, 6.45) is 0. The first-order valence-electron chi connectivity index (χ1n) is 2.62. The van der Waals surface area contributed by atoms with E-state index in [1.165, 1.54) is 0 Å². The van der Waals surface area contributed by atoms with Crippen LogP contribution in [0.3, 0.4) is 0 Å². The van der Waals surface area contributed by atoms with Crippen molar-refractivity contribution in [3.05, 3.63) is 28.5 Å². The third-order valence-electron chi connectivity index (χ3n) is 1.13.